The minimum absolute atomic E-state index is 0.107. The average Bonchev–Trinajstić information content (AvgIpc) is 2.96. The normalized spacial score (nSPS) is 29.4. The molecule has 0 radical (unpaired) electrons. The van der Waals surface area contributed by atoms with Crippen LogP contribution in [0.1, 0.15) is 30.4 Å². The Hall–Kier alpha value is -1.48. The van der Waals surface area contributed by atoms with Crippen LogP contribution in [0.25, 0.3) is 0 Å². The molecular formula is C17H21FN2O2. The number of aliphatic hydroxyl groups excluding tert-OH is 1. The summed E-state index contributed by atoms with van der Waals surface area (Å²) in [5, 5.41) is 19.4. The number of benzene rings is 1. The molecular weight excluding hydrogens is 283 g/mol. The van der Waals surface area contributed by atoms with Crippen LogP contribution in [-0.4, -0.2) is 41.9 Å². The van der Waals surface area contributed by atoms with Crippen LogP contribution in [0.5, 0.6) is 0 Å². The van der Waals surface area contributed by atoms with E-state index in [1.54, 1.807) is 0 Å². The highest BCUT2D eigenvalue weighted by atomic mass is 19.1. The molecule has 0 amide bonds. The fourth-order valence-corrected chi connectivity index (χ4v) is 3.67. The molecule has 4 nitrogen and oxygen atoms in total. The van der Waals surface area contributed by atoms with Crippen LogP contribution in [0, 0.1) is 23.1 Å². The van der Waals surface area contributed by atoms with Gasteiger partial charge in [-0.2, -0.15) is 5.26 Å². The van der Waals surface area contributed by atoms with Crippen LogP contribution in [0.2, 0.25) is 0 Å². The number of hydrogen-bond donors (Lipinski definition) is 1. The van der Waals surface area contributed by atoms with Crippen molar-refractivity contribution in [3.8, 4) is 6.07 Å². The molecule has 2 heterocycles. The first-order valence-corrected chi connectivity index (χ1v) is 7.87. The second-order valence-corrected chi connectivity index (χ2v) is 6.19. The van der Waals surface area contributed by atoms with Crippen molar-refractivity contribution >= 4 is 0 Å². The maximum Gasteiger partial charge on any atom is 0.123 e. The third kappa shape index (κ3) is 3.14. The zero-order valence-corrected chi connectivity index (χ0v) is 12.5. The number of ether oxygens (including phenoxy) is 1. The lowest BCUT2D eigenvalue weighted by molar-refractivity contribution is -0.0636. The van der Waals surface area contributed by atoms with Gasteiger partial charge in [0.1, 0.15) is 5.82 Å². The first-order chi connectivity index (χ1) is 10.7. The number of halogens is 1. The second-order valence-electron chi connectivity index (χ2n) is 6.19. The zero-order valence-electron chi connectivity index (χ0n) is 12.5. The largest absolute Gasteiger partial charge is 0.393 e. The van der Waals surface area contributed by atoms with Gasteiger partial charge >= 0.3 is 0 Å². The van der Waals surface area contributed by atoms with E-state index in [2.05, 4.69) is 11.0 Å². The van der Waals surface area contributed by atoms with Gasteiger partial charge in [-0.1, -0.05) is 0 Å². The van der Waals surface area contributed by atoms with Crippen molar-refractivity contribution in [1.29, 1.82) is 5.26 Å². The summed E-state index contributed by atoms with van der Waals surface area (Å²) in [6, 6.07) is 6.68. The fourth-order valence-electron chi connectivity index (χ4n) is 3.67. The van der Waals surface area contributed by atoms with Gasteiger partial charge in [0.2, 0.25) is 0 Å². The predicted octanol–water partition coefficient (Wildman–Crippen LogP) is 2.06. The molecule has 0 spiro atoms. The standard InChI is InChI=1S/C17H21FN2O2/c18-14-4-3-12(9-19)13(8-14)10-20-6-1-2-16(20)15-11-22-7-5-17(15)21/h3-4,8,15-17,21H,1-2,5-7,10-11H2/t15-,16-,17-/m1/s1. The Balaban J connectivity index is 1.76. The summed E-state index contributed by atoms with van der Waals surface area (Å²) in [5.74, 6) is -0.207. The number of likely N-dealkylation sites (tertiary alicyclic amines) is 1. The van der Waals surface area contributed by atoms with Gasteiger partial charge in [0.25, 0.3) is 0 Å². The third-order valence-corrected chi connectivity index (χ3v) is 4.83. The summed E-state index contributed by atoms with van der Waals surface area (Å²) >= 11 is 0. The van der Waals surface area contributed by atoms with Crippen molar-refractivity contribution in [3.05, 3.63) is 35.1 Å². The van der Waals surface area contributed by atoms with E-state index in [0.717, 1.165) is 24.9 Å². The highest BCUT2D eigenvalue weighted by Gasteiger charge is 2.37. The van der Waals surface area contributed by atoms with E-state index >= 15 is 0 Å². The van der Waals surface area contributed by atoms with E-state index < -0.39 is 0 Å². The van der Waals surface area contributed by atoms with Gasteiger partial charge in [0.05, 0.1) is 24.3 Å². The lowest BCUT2D eigenvalue weighted by Gasteiger charge is -2.37. The molecule has 1 N–H and O–H groups in total. The van der Waals surface area contributed by atoms with Crippen molar-refractivity contribution in [3.63, 3.8) is 0 Å². The second kappa shape index (κ2) is 6.74. The van der Waals surface area contributed by atoms with Gasteiger partial charge < -0.3 is 9.84 Å². The van der Waals surface area contributed by atoms with Gasteiger partial charge in [-0.15, -0.1) is 0 Å². The molecule has 1 aromatic rings. The van der Waals surface area contributed by atoms with Crippen LogP contribution in [0.15, 0.2) is 18.2 Å². The molecule has 118 valence electrons. The Morgan fingerprint density at radius 1 is 1.41 bits per heavy atom. The highest BCUT2D eigenvalue weighted by molar-refractivity contribution is 5.37. The number of rotatable bonds is 3. The smallest absolute Gasteiger partial charge is 0.123 e. The van der Waals surface area contributed by atoms with Gasteiger partial charge in [0.15, 0.2) is 0 Å². The van der Waals surface area contributed by atoms with Crippen molar-refractivity contribution < 1.29 is 14.2 Å². The average molecular weight is 304 g/mol. The van der Waals surface area contributed by atoms with Gasteiger partial charge in [0, 0.05) is 25.1 Å². The van der Waals surface area contributed by atoms with Crippen LogP contribution in [-0.2, 0) is 11.3 Å². The maximum absolute atomic E-state index is 13.5. The molecule has 2 saturated heterocycles. The molecule has 3 rings (SSSR count). The van der Waals surface area contributed by atoms with E-state index in [1.807, 2.05) is 0 Å². The van der Waals surface area contributed by atoms with Crippen molar-refractivity contribution in [2.24, 2.45) is 5.92 Å². The number of aliphatic hydroxyl groups is 1. The van der Waals surface area contributed by atoms with E-state index in [1.165, 1.54) is 18.2 Å². The highest BCUT2D eigenvalue weighted by Crippen LogP contribution is 2.31. The van der Waals surface area contributed by atoms with E-state index in [-0.39, 0.29) is 23.9 Å². The lowest BCUT2D eigenvalue weighted by atomic mass is 9.89. The minimum Gasteiger partial charge on any atom is -0.393 e. The van der Waals surface area contributed by atoms with Crippen molar-refractivity contribution in [2.75, 3.05) is 19.8 Å². The van der Waals surface area contributed by atoms with Gasteiger partial charge in [-0.3, -0.25) is 4.90 Å². The lowest BCUT2D eigenvalue weighted by Crippen LogP contribution is -2.45. The monoisotopic (exact) mass is 304 g/mol. The Bertz CT molecular complexity index is 572. The summed E-state index contributed by atoms with van der Waals surface area (Å²) in [5.41, 5.74) is 1.24. The molecule has 0 bridgehead atoms. The van der Waals surface area contributed by atoms with Crippen LogP contribution >= 0.6 is 0 Å². The Morgan fingerprint density at radius 2 is 2.27 bits per heavy atom. The first-order valence-electron chi connectivity index (χ1n) is 7.87. The van der Waals surface area contributed by atoms with Crippen molar-refractivity contribution in [2.45, 2.75) is 38.0 Å². The third-order valence-electron chi connectivity index (χ3n) is 4.83. The predicted molar refractivity (Wildman–Crippen MR) is 79.5 cm³/mol. The van der Waals surface area contributed by atoms with E-state index in [0.29, 0.717) is 31.7 Å². The minimum atomic E-state index is -0.331. The van der Waals surface area contributed by atoms with Gasteiger partial charge in [-0.05, 0) is 49.6 Å². The SMILES string of the molecule is N#Cc1ccc(F)cc1CN1CCC[C@@H]1[C@H]1COCC[C@H]1O. The molecule has 22 heavy (non-hydrogen) atoms. The molecule has 0 aliphatic carbocycles. The molecule has 2 aliphatic rings. The molecule has 2 aliphatic heterocycles. The van der Waals surface area contributed by atoms with E-state index in [9.17, 15) is 14.8 Å². The summed E-state index contributed by atoms with van der Waals surface area (Å²) in [4.78, 5) is 2.26. The van der Waals surface area contributed by atoms with Crippen LogP contribution < -0.4 is 0 Å². The maximum atomic E-state index is 13.5. The summed E-state index contributed by atoms with van der Waals surface area (Å²) < 4.78 is 19.0. The Kier molecular flexibility index (Phi) is 4.72. The first kappa shape index (κ1) is 15.4. The Morgan fingerprint density at radius 3 is 3.05 bits per heavy atom. The van der Waals surface area contributed by atoms with E-state index in [4.69, 9.17) is 4.74 Å². The molecule has 0 aromatic heterocycles. The topological polar surface area (TPSA) is 56.5 Å². The van der Waals surface area contributed by atoms with Crippen LogP contribution in [0.4, 0.5) is 4.39 Å². The number of nitrogens with zero attached hydrogens (tertiary/aromatic N) is 2. The van der Waals surface area contributed by atoms with Crippen molar-refractivity contribution in [1.82, 2.24) is 4.90 Å². The molecule has 3 atom stereocenters. The number of hydrogen-bond acceptors (Lipinski definition) is 4. The summed E-state index contributed by atoms with van der Waals surface area (Å²) in [7, 11) is 0. The molecule has 2 fully saturated rings. The molecule has 5 heteroatoms. The zero-order chi connectivity index (χ0) is 15.5. The summed E-state index contributed by atoms with van der Waals surface area (Å²) in [6.07, 6.45) is 2.42. The quantitative estimate of drug-likeness (QED) is 0.928. The molecule has 0 saturated carbocycles. The fraction of sp³-hybridized carbons (Fsp3) is 0.588. The molecule has 1 aromatic carbocycles. The van der Waals surface area contributed by atoms with Crippen LogP contribution in [0.3, 0.4) is 0 Å². The number of nitriles is 1. The molecule has 0 unspecified atom stereocenters. The van der Waals surface area contributed by atoms with Gasteiger partial charge in [-0.25, -0.2) is 4.39 Å². The Labute approximate surface area is 130 Å². The summed E-state index contributed by atoms with van der Waals surface area (Å²) in [6.45, 7) is 2.66.